The molecule has 0 spiro atoms. The predicted octanol–water partition coefficient (Wildman–Crippen LogP) is 1.72. The van der Waals surface area contributed by atoms with Crippen molar-refractivity contribution in [1.29, 1.82) is 0 Å². The Kier molecular flexibility index (Phi) is 6.46. The van der Waals surface area contributed by atoms with E-state index in [9.17, 15) is 14.7 Å². The molecule has 5 nitrogen and oxygen atoms in total. The van der Waals surface area contributed by atoms with Crippen molar-refractivity contribution < 1.29 is 14.7 Å². The van der Waals surface area contributed by atoms with E-state index in [0.717, 1.165) is 32.4 Å². The van der Waals surface area contributed by atoms with Crippen LogP contribution >= 0.6 is 0 Å². The van der Waals surface area contributed by atoms with Gasteiger partial charge in [-0.2, -0.15) is 0 Å². The summed E-state index contributed by atoms with van der Waals surface area (Å²) < 4.78 is 0. The Bertz CT molecular complexity index is 338. The number of carboxylic acids is 1. The van der Waals surface area contributed by atoms with Gasteiger partial charge in [0, 0.05) is 0 Å². The molecule has 0 aliphatic carbocycles. The van der Waals surface area contributed by atoms with E-state index in [0.29, 0.717) is 5.92 Å². The quantitative estimate of drug-likeness (QED) is 0.779. The Morgan fingerprint density at radius 2 is 1.85 bits per heavy atom. The standard InChI is InChI=1S/C15H28N2O3/c1-5-11(3)13(15(19)20)16-14(18)12(4)17-8-6-10(2)7-9-17/h10-13H,5-9H2,1-4H3,(H,16,18)(H,19,20). The normalized spacial score (nSPS) is 22.0. The van der Waals surface area contributed by atoms with Gasteiger partial charge < -0.3 is 10.4 Å². The highest BCUT2D eigenvalue weighted by molar-refractivity contribution is 5.86. The van der Waals surface area contributed by atoms with Crippen LogP contribution in [0.5, 0.6) is 0 Å². The zero-order chi connectivity index (χ0) is 15.3. The lowest BCUT2D eigenvalue weighted by Gasteiger charge is -2.34. The smallest absolute Gasteiger partial charge is 0.326 e. The average Bonchev–Trinajstić information content (AvgIpc) is 2.43. The number of carbonyl (C=O) groups excluding carboxylic acids is 1. The summed E-state index contributed by atoms with van der Waals surface area (Å²) in [6, 6.07) is -1.05. The van der Waals surface area contributed by atoms with Crippen molar-refractivity contribution in [2.45, 2.75) is 59.0 Å². The molecule has 0 radical (unpaired) electrons. The number of likely N-dealkylation sites (tertiary alicyclic amines) is 1. The summed E-state index contributed by atoms with van der Waals surface area (Å²) in [6.07, 6.45) is 2.93. The molecule has 2 N–H and O–H groups in total. The molecule has 20 heavy (non-hydrogen) atoms. The van der Waals surface area contributed by atoms with Crippen LogP contribution in [0.1, 0.15) is 47.0 Å². The molecule has 1 saturated heterocycles. The minimum absolute atomic E-state index is 0.0648. The Hall–Kier alpha value is -1.10. The summed E-state index contributed by atoms with van der Waals surface area (Å²) >= 11 is 0. The molecular formula is C15H28N2O3. The molecule has 1 aliphatic rings. The second kappa shape index (κ2) is 7.62. The van der Waals surface area contributed by atoms with Gasteiger partial charge in [-0.15, -0.1) is 0 Å². The van der Waals surface area contributed by atoms with Gasteiger partial charge in [0.2, 0.25) is 5.91 Å². The van der Waals surface area contributed by atoms with Crippen LogP contribution < -0.4 is 5.32 Å². The Balaban J connectivity index is 2.57. The number of carbonyl (C=O) groups is 2. The van der Waals surface area contributed by atoms with Gasteiger partial charge in [0.15, 0.2) is 0 Å². The van der Waals surface area contributed by atoms with E-state index in [1.54, 1.807) is 0 Å². The van der Waals surface area contributed by atoms with E-state index in [-0.39, 0.29) is 17.9 Å². The molecule has 5 heteroatoms. The van der Waals surface area contributed by atoms with E-state index >= 15 is 0 Å². The highest BCUT2D eigenvalue weighted by atomic mass is 16.4. The molecule has 0 aromatic carbocycles. The molecule has 3 atom stereocenters. The Labute approximate surface area is 121 Å². The second-order valence-electron chi connectivity index (χ2n) is 6.10. The molecule has 0 aromatic rings. The molecule has 1 rings (SSSR count). The lowest BCUT2D eigenvalue weighted by atomic mass is 9.97. The topological polar surface area (TPSA) is 69.6 Å². The maximum atomic E-state index is 12.2. The van der Waals surface area contributed by atoms with Gasteiger partial charge >= 0.3 is 5.97 Å². The molecule has 0 bridgehead atoms. The van der Waals surface area contributed by atoms with Crippen LogP contribution in [0.3, 0.4) is 0 Å². The van der Waals surface area contributed by atoms with Gasteiger partial charge in [0.05, 0.1) is 6.04 Å². The zero-order valence-electron chi connectivity index (χ0n) is 13.1. The van der Waals surface area contributed by atoms with Gasteiger partial charge in [0.1, 0.15) is 6.04 Å². The van der Waals surface area contributed by atoms with Crippen molar-refractivity contribution >= 4 is 11.9 Å². The highest BCUT2D eigenvalue weighted by Gasteiger charge is 2.30. The third-order valence-corrected chi connectivity index (χ3v) is 4.52. The molecule has 0 aromatic heterocycles. The van der Waals surface area contributed by atoms with E-state index < -0.39 is 12.0 Å². The van der Waals surface area contributed by atoms with Crippen molar-refractivity contribution in [1.82, 2.24) is 10.2 Å². The summed E-state index contributed by atoms with van der Waals surface area (Å²) in [4.78, 5) is 25.6. The first-order chi connectivity index (χ1) is 9.36. The van der Waals surface area contributed by atoms with Crippen LogP contribution in [0, 0.1) is 11.8 Å². The SMILES string of the molecule is CCC(C)C(NC(=O)C(C)N1CCC(C)CC1)C(=O)O. The van der Waals surface area contributed by atoms with Crippen molar-refractivity contribution in [2.75, 3.05) is 13.1 Å². The van der Waals surface area contributed by atoms with Crippen LogP contribution in [-0.2, 0) is 9.59 Å². The number of rotatable bonds is 6. The summed E-state index contributed by atoms with van der Waals surface area (Å²) in [7, 11) is 0. The van der Waals surface area contributed by atoms with Crippen molar-refractivity contribution in [2.24, 2.45) is 11.8 Å². The number of amides is 1. The summed E-state index contributed by atoms with van der Waals surface area (Å²) in [5.74, 6) is -0.474. The maximum absolute atomic E-state index is 12.2. The number of nitrogens with one attached hydrogen (secondary N) is 1. The van der Waals surface area contributed by atoms with E-state index in [1.807, 2.05) is 20.8 Å². The van der Waals surface area contributed by atoms with Gasteiger partial charge in [0.25, 0.3) is 0 Å². The second-order valence-corrected chi connectivity index (χ2v) is 6.10. The van der Waals surface area contributed by atoms with E-state index in [1.165, 1.54) is 0 Å². The fourth-order valence-corrected chi connectivity index (χ4v) is 2.54. The van der Waals surface area contributed by atoms with Crippen LogP contribution in [0.25, 0.3) is 0 Å². The molecule has 1 heterocycles. The first kappa shape index (κ1) is 17.0. The number of nitrogens with zero attached hydrogens (tertiary/aromatic N) is 1. The van der Waals surface area contributed by atoms with Gasteiger partial charge in [-0.05, 0) is 44.7 Å². The van der Waals surface area contributed by atoms with Crippen molar-refractivity contribution in [3.05, 3.63) is 0 Å². The fraction of sp³-hybridized carbons (Fsp3) is 0.867. The fourth-order valence-electron chi connectivity index (χ4n) is 2.54. The number of hydrogen-bond donors (Lipinski definition) is 2. The summed E-state index contributed by atoms with van der Waals surface area (Å²) in [6.45, 7) is 9.70. The molecule has 0 saturated carbocycles. The van der Waals surface area contributed by atoms with Crippen molar-refractivity contribution in [3.63, 3.8) is 0 Å². The summed E-state index contributed by atoms with van der Waals surface area (Å²) in [5, 5.41) is 11.9. The Morgan fingerprint density at radius 3 is 2.30 bits per heavy atom. The van der Waals surface area contributed by atoms with Gasteiger partial charge in [-0.25, -0.2) is 4.79 Å². The third-order valence-electron chi connectivity index (χ3n) is 4.52. The number of aliphatic carboxylic acids is 1. The summed E-state index contributed by atoms with van der Waals surface area (Å²) in [5.41, 5.74) is 0. The third kappa shape index (κ3) is 4.47. The van der Waals surface area contributed by atoms with Crippen LogP contribution in [0.2, 0.25) is 0 Å². The minimum atomic E-state index is -0.952. The zero-order valence-corrected chi connectivity index (χ0v) is 13.1. The first-order valence-corrected chi connectivity index (χ1v) is 7.64. The van der Waals surface area contributed by atoms with Gasteiger partial charge in [-0.1, -0.05) is 27.2 Å². The highest BCUT2D eigenvalue weighted by Crippen LogP contribution is 2.18. The maximum Gasteiger partial charge on any atom is 0.326 e. The minimum Gasteiger partial charge on any atom is -0.480 e. The van der Waals surface area contributed by atoms with E-state index in [4.69, 9.17) is 0 Å². The molecule has 1 aliphatic heterocycles. The lowest BCUT2D eigenvalue weighted by molar-refractivity contribution is -0.144. The van der Waals surface area contributed by atoms with Crippen LogP contribution in [0.15, 0.2) is 0 Å². The number of hydrogen-bond acceptors (Lipinski definition) is 3. The first-order valence-electron chi connectivity index (χ1n) is 7.64. The lowest BCUT2D eigenvalue weighted by Crippen LogP contribution is -2.53. The predicted molar refractivity (Wildman–Crippen MR) is 78.5 cm³/mol. The largest absolute Gasteiger partial charge is 0.480 e. The molecular weight excluding hydrogens is 256 g/mol. The molecule has 3 unspecified atom stereocenters. The number of carboxylic acid groups (broad SMARTS) is 1. The van der Waals surface area contributed by atoms with E-state index in [2.05, 4.69) is 17.1 Å². The van der Waals surface area contributed by atoms with Gasteiger partial charge in [-0.3, -0.25) is 9.69 Å². The Morgan fingerprint density at radius 1 is 1.30 bits per heavy atom. The van der Waals surface area contributed by atoms with Crippen molar-refractivity contribution in [3.8, 4) is 0 Å². The van der Waals surface area contributed by atoms with Crippen LogP contribution in [-0.4, -0.2) is 47.1 Å². The monoisotopic (exact) mass is 284 g/mol. The van der Waals surface area contributed by atoms with Crippen LogP contribution in [0.4, 0.5) is 0 Å². The number of piperidine rings is 1. The molecule has 1 amide bonds. The molecule has 1 fully saturated rings. The average molecular weight is 284 g/mol. The molecule has 116 valence electrons.